The molecule has 1 aliphatic heterocycles. The molecule has 2 aromatic carbocycles. The lowest BCUT2D eigenvalue weighted by molar-refractivity contribution is -0.274. The van der Waals surface area contributed by atoms with Gasteiger partial charge in [0.2, 0.25) is 5.91 Å². The summed E-state index contributed by atoms with van der Waals surface area (Å²) in [4.78, 5) is 26.3. The average molecular weight is 517 g/mol. The molecule has 0 spiro atoms. The number of fused-ring (bicyclic) bond motifs is 1. The number of hydrogen-bond acceptors (Lipinski definition) is 5. The third kappa shape index (κ3) is 5.71. The summed E-state index contributed by atoms with van der Waals surface area (Å²) < 4.78 is 50.1. The first-order valence-corrected chi connectivity index (χ1v) is 12.1. The van der Waals surface area contributed by atoms with Crippen LogP contribution in [0.3, 0.4) is 0 Å². The molecule has 1 aromatic heterocycles. The van der Waals surface area contributed by atoms with Crippen molar-refractivity contribution in [1.82, 2.24) is 14.7 Å². The van der Waals surface area contributed by atoms with Gasteiger partial charge in [0.1, 0.15) is 5.75 Å². The zero-order chi connectivity index (χ0) is 26.3. The van der Waals surface area contributed by atoms with Crippen molar-refractivity contribution in [2.75, 3.05) is 19.7 Å². The summed E-state index contributed by atoms with van der Waals surface area (Å²) in [6, 6.07) is 7.45. The van der Waals surface area contributed by atoms with Crippen LogP contribution in [0.1, 0.15) is 44.7 Å². The Hall–Kier alpha value is -3.60. The number of carbonyl (C=O) groups is 2. The van der Waals surface area contributed by atoms with E-state index in [2.05, 4.69) is 9.84 Å². The van der Waals surface area contributed by atoms with Gasteiger partial charge in [-0.05, 0) is 67.6 Å². The molecule has 37 heavy (non-hydrogen) atoms. The lowest BCUT2D eigenvalue weighted by atomic mass is 9.98. The normalized spacial score (nSPS) is 16.2. The van der Waals surface area contributed by atoms with Crippen LogP contribution >= 0.6 is 0 Å². The number of carbonyl (C=O) groups excluding carboxylic acids is 2. The van der Waals surface area contributed by atoms with Crippen LogP contribution in [0.2, 0.25) is 0 Å². The van der Waals surface area contributed by atoms with E-state index in [0.717, 1.165) is 29.3 Å². The maximum Gasteiger partial charge on any atom is 0.573 e. The largest absolute Gasteiger partial charge is 0.573 e. The number of halogens is 3. The number of rotatable bonds is 9. The van der Waals surface area contributed by atoms with E-state index in [0.29, 0.717) is 30.8 Å². The van der Waals surface area contributed by atoms with E-state index in [1.165, 1.54) is 18.2 Å². The molecule has 3 aromatic rings. The monoisotopic (exact) mass is 516 g/mol. The van der Waals surface area contributed by atoms with Gasteiger partial charge in [0, 0.05) is 48.3 Å². The van der Waals surface area contributed by atoms with Crippen molar-refractivity contribution in [3.05, 3.63) is 58.8 Å². The lowest BCUT2D eigenvalue weighted by Crippen LogP contribution is -2.51. The van der Waals surface area contributed by atoms with Gasteiger partial charge in [-0.2, -0.15) is 5.10 Å². The second kappa shape index (κ2) is 9.70. The van der Waals surface area contributed by atoms with E-state index < -0.39 is 12.3 Å². The van der Waals surface area contributed by atoms with Crippen LogP contribution in [0.5, 0.6) is 5.75 Å². The number of aromatic nitrogens is 2. The maximum absolute atomic E-state index is 13.0. The molecule has 1 saturated carbocycles. The molecule has 2 amide bonds. The Bertz CT molecular complexity index is 1340. The van der Waals surface area contributed by atoms with Crippen LogP contribution in [-0.4, -0.2) is 58.7 Å². The van der Waals surface area contributed by atoms with Gasteiger partial charge in [-0.15, -0.1) is 13.2 Å². The minimum absolute atomic E-state index is 0.174. The van der Waals surface area contributed by atoms with Gasteiger partial charge in [0.15, 0.2) is 0 Å². The van der Waals surface area contributed by atoms with Crippen molar-refractivity contribution in [3.63, 3.8) is 0 Å². The van der Waals surface area contributed by atoms with Crippen LogP contribution in [-0.2, 0) is 17.7 Å². The summed E-state index contributed by atoms with van der Waals surface area (Å²) in [5, 5.41) is 5.41. The third-order valence-electron chi connectivity index (χ3n) is 6.74. The zero-order valence-electron chi connectivity index (χ0n) is 20.3. The van der Waals surface area contributed by atoms with Crippen molar-refractivity contribution < 1.29 is 32.2 Å². The van der Waals surface area contributed by atoms with Crippen LogP contribution in [0.25, 0.3) is 10.9 Å². The number of primary amides is 1. The number of benzene rings is 2. The topological polar surface area (TPSA) is 99.7 Å². The third-order valence-corrected chi connectivity index (χ3v) is 6.74. The molecule has 1 aliphatic carbocycles. The van der Waals surface area contributed by atoms with Crippen molar-refractivity contribution >= 4 is 22.7 Å². The standard InChI is InChI=1S/C26H27F3N4O4/c1-15-20(24(30)34)5-6-22-21(15)14-33(31-22)13-16-11-32(12-16)25(35)18-2-7-23(37-26(27,28)29)17(10-18)8-9-36-19-3-4-19/h2,5-7,10,14,16,19H,3-4,8-9,11-13H2,1H3,(H2,30,34). The molecule has 196 valence electrons. The lowest BCUT2D eigenvalue weighted by Gasteiger charge is -2.39. The van der Waals surface area contributed by atoms with Gasteiger partial charge >= 0.3 is 6.36 Å². The Morgan fingerprint density at radius 1 is 1.16 bits per heavy atom. The molecule has 0 radical (unpaired) electrons. The van der Waals surface area contributed by atoms with E-state index in [9.17, 15) is 22.8 Å². The summed E-state index contributed by atoms with van der Waals surface area (Å²) in [7, 11) is 0. The quantitative estimate of drug-likeness (QED) is 0.466. The molecular formula is C26H27F3N4O4. The van der Waals surface area contributed by atoms with Crippen molar-refractivity contribution in [2.45, 2.75) is 45.2 Å². The Morgan fingerprint density at radius 2 is 1.92 bits per heavy atom. The summed E-state index contributed by atoms with van der Waals surface area (Å²) in [6.45, 7) is 3.69. The Labute approximate surface area is 211 Å². The molecule has 5 rings (SSSR count). The molecule has 0 atom stereocenters. The van der Waals surface area contributed by atoms with Gasteiger partial charge in [-0.25, -0.2) is 0 Å². The predicted octanol–water partition coefficient (Wildman–Crippen LogP) is 3.84. The summed E-state index contributed by atoms with van der Waals surface area (Å²) in [5.41, 5.74) is 8.02. The predicted molar refractivity (Wildman–Crippen MR) is 128 cm³/mol. The zero-order valence-corrected chi connectivity index (χ0v) is 20.3. The molecule has 2 fully saturated rings. The number of nitrogens with two attached hydrogens (primary N) is 1. The molecule has 0 bridgehead atoms. The van der Waals surface area contributed by atoms with Gasteiger partial charge in [-0.1, -0.05) is 0 Å². The number of alkyl halides is 3. The second-order valence-electron chi connectivity index (χ2n) is 9.65. The highest BCUT2D eigenvalue weighted by molar-refractivity contribution is 5.99. The Kier molecular flexibility index (Phi) is 6.57. The minimum Gasteiger partial charge on any atom is -0.406 e. The number of aryl methyl sites for hydroxylation is 1. The molecule has 2 aliphatic rings. The number of ether oxygens (including phenoxy) is 2. The average Bonchev–Trinajstić information content (AvgIpc) is 3.52. The highest BCUT2D eigenvalue weighted by atomic mass is 19.4. The maximum atomic E-state index is 13.0. The van der Waals surface area contributed by atoms with E-state index in [4.69, 9.17) is 10.5 Å². The first kappa shape index (κ1) is 25.1. The molecule has 1 saturated heterocycles. The second-order valence-corrected chi connectivity index (χ2v) is 9.65. The highest BCUT2D eigenvalue weighted by Gasteiger charge is 2.34. The highest BCUT2D eigenvalue weighted by Crippen LogP contribution is 2.30. The number of likely N-dealkylation sites (tertiary alicyclic amines) is 1. The smallest absolute Gasteiger partial charge is 0.406 e. The fourth-order valence-corrected chi connectivity index (χ4v) is 4.64. The van der Waals surface area contributed by atoms with Crippen molar-refractivity contribution in [2.24, 2.45) is 11.7 Å². The van der Waals surface area contributed by atoms with E-state index in [-0.39, 0.29) is 42.3 Å². The molecule has 11 heteroatoms. The van der Waals surface area contributed by atoms with Gasteiger partial charge in [-0.3, -0.25) is 14.3 Å². The first-order valence-electron chi connectivity index (χ1n) is 12.1. The van der Waals surface area contributed by atoms with Crippen LogP contribution in [0.4, 0.5) is 13.2 Å². The number of hydrogen-bond donors (Lipinski definition) is 1. The Balaban J connectivity index is 1.23. The molecule has 0 unspecified atom stereocenters. The van der Waals surface area contributed by atoms with Crippen LogP contribution in [0, 0.1) is 12.8 Å². The van der Waals surface area contributed by atoms with E-state index in [1.807, 2.05) is 13.1 Å². The molecular weight excluding hydrogens is 489 g/mol. The van der Waals surface area contributed by atoms with Gasteiger partial charge in [0.25, 0.3) is 5.91 Å². The first-order chi connectivity index (χ1) is 17.6. The SMILES string of the molecule is Cc1c(C(N)=O)ccc2nn(CC3CN(C(=O)c4ccc(OC(F)(F)F)c(CCOC5CC5)c4)C3)cc12. The number of amides is 2. The fourth-order valence-electron chi connectivity index (χ4n) is 4.64. The fraction of sp³-hybridized carbons (Fsp3) is 0.423. The molecule has 2 heterocycles. The van der Waals surface area contributed by atoms with Crippen molar-refractivity contribution in [3.8, 4) is 5.75 Å². The summed E-state index contributed by atoms with van der Waals surface area (Å²) in [6.07, 6.45) is -0.630. The van der Waals surface area contributed by atoms with E-state index in [1.54, 1.807) is 21.7 Å². The van der Waals surface area contributed by atoms with Crippen molar-refractivity contribution in [1.29, 1.82) is 0 Å². The van der Waals surface area contributed by atoms with Gasteiger partial charge in [0.05, 0.1) is 18.2 Å². The minimum atomic E-state index is -4.82. The number of nitrogens with zero attached hydrogens (tertiary/aromatic N) is 3. The van der Waals surface area contributed by atoms with Crippen LogP contribution < -0.4 is 10.5 Å². The van der Waals surface area contributed by atoms with Gasteiger partial charge < -0.3 is 20.1 Å². The van der Waals surface area contributed by atoms with E-state index >= 15 is 0 Å². The molecule has 8 nitrogen and oxygen atoms in total. The van der Waals surface area contributed by atoms with Crippen LogP contribution in [0.15, 0.2) is 36.5 Å². The summed E-state index contributed by atoms with van der Waals surface area (Å²) in [5.74, 6) is -0.873. The summed E-state index contributed by atoms with van der Waals surface area (Å²) >= 11 is 0. The Morgan fingerprint density at radius 3 is 2.59 bits per heavy atom. The molecule has 2 N–H and O–H groups in total.